The van der Waals surface area contributed by atoms with Crippen LogP contribution in [0, 0.1) is 6.92 Å². The Bertz CT molecular complexity index is 541. The zero-order valence-electron chi connectivity index (χ0n) is 11.6. The fraction of sp³-hybridized carbons (Fsp3) is 0.500. The molecular formula is C14H19ClN2OS2. The number of hydrogen-bond acceptors (Lipinski definition) is 5. The lowest BCUT2D eigenvalue weighted by Gasteiger charge is -2.22. The topological polar surface area (TPSA) is 48.1 Å². The van der Waals surface area contributed by atoms with Crippen LogP contribution in [-0.4, -0.2) is 17.6 Å². The minimum Gasteiger partial charge on any atom is -0.371 e. The molecule has 20 heavy (non-hydrogen) atoms. The lowest BCUT2D eigenvalue weighted by molar-refractivity contribution is 0.0381. The van der Waals surface area contributed by atoms with Crippen molar-refractivity contribution in [2.45, 2.75) is 38.8 Å². The summed E-state index contributed by atoms with van der Waals surface area (Å²) in [5, 5.41) is 0. The highest BCUT2D eigenvalue weighted by Gasteiger charge is 2.21. The zero-order valence-corrected chi connectivity index (χ0v) is 14.0. The van der Waals surface area contributed by atoms with E-state index in [4.69, 9.17) is 22.1 Å². The molecule has 0 bridgehead atoms. The van der Waals surface area contributed by atoms with Gasteiger partial charge in [0.15, 0.2) is 0 Å². The van der Waals surface area contributed by atoms with E-state index in [1.165, 1.54) is 4.88 Å². The molecule has 0 fully saturated rings. The van der Waals surface area contributed by atoms with Gasteiger partial charge in [0, 0.05) is 22.2 Å². The molecule has 0 aliphatic rings. The third-order valence-corrected chi connectivity index (χ3v) is 5.49. The zero-order chi connectivity index (χ0) is 14.5. The summed E-state index contributed by atoms with van der Waals surface area (Å²) in [6.45, 7) is 4.75. The standard InChI is InChI=1S/C14H19ClN2OS2/c1-3-10(16)14(12-4-5-13(15)20-12)18-7-6-11-9(2)17-8-19-11/h4-5,8,10,14H,3,6-7,16H2,1-2H3. The molecular weight excluding hydrogens is 312 g/mol. The Labute approximate surface area is 132 Å². The molecule has 0 amide bonds. The molecule has 0 aromatic carbocycles. The first-order chi connectivity index (χ1) is 9.61. The molecule has 2 aromatic rings. The van der Waals surface area contributed by atoms with E-state index >= 15 is 0 Å². The largest absolute Gasteiger partial charge is 0.371 e. The van der Waals surface area contributed by atoms with Crippen molar-refractivity contribution in [3.8, 4) is 0 Å². The Morgan fingerprint density at radius 2 is 2.25 bits per heavy atom. The Morgan fingerprint density at radius 3 is 2.80 bits per heavy atom. The Morgan fingerprint density at radius 1 is 1.45 bits per heavy atom. The van der Waals surface area contributed by atoms with Gasteiger partial charge in [-0.1, -0.05) is 18.5 Å². The van der Waals surface area contributed by atoms with E-state index in [-0.39, 0.29) is 12.1 Å². The number of hydrogen-bond donors (Lipinski definition) is 1. The highest BCUT2D eigenvalue weighted by molar-refractivity contribution is 7.16. The lowest BCUT2D eigenvalue weighted by Crippen LogP contribution is -2.29. The van der Waals surface area contributed by atoms with E-state index in [1.54, 1.807) is 22.7 Å². The van der Waals surface area contributed by atoms with E-state index in [1.807, 2.05) is 24.6 Å². The summed E-state index contributed by atoms with van der Waals surface area (Å²) in [6, 6.07) is 3.89. The van der Waals surface area contributed by atoms with Crippen LogP contribution in [0.1, 0.15) is 34.9 Å². The predicted molar refractivity (Wildman–Crippen MR) is 86.8 cm³/mol. The van der Waals surface area contributed by atoms with E-state index in [0.717, 1.165) is 27.7 Å². The summed E-state index contributed by atoms with van der Waals surface area (Å²) in [6.07, 6.45) is 1.67. The first kappa shape index (κ1) is 15.9. The van der Waals surface area contributed by atoms with Crippen molar-refractivity contribution in [1.82, 2.24) is 4.98 Å². The number of halogens is 1. The number of nitrogens with zero attached hydrogens (tertiary/aromatic N) is 1. The molecule has 2 aromatic heterocycles. The van der Waals surface area contributed by atoms with E-state index in [0.29, 0.717) is 6.61 Å². The van der Waals surface area contributed by atoms with Crippen molar-refractivity contribution in [1.29, 1.82) is 0 Å². The third kappa shape index (κ3) is 4.02. The summed E-state index contributed by atoms with van der Waals surface area (Å²) in [5.41, 5.74) is 9.14. The molecule has 0 saturated heterocycles. The number of aryl methyl sites for hydroxylation is 1. The number of aromatic nitrogens is 1. The first-order valence-electron chi connectivity index (χ1n) is 6.63. The first-order valence-corrected chi connectivity index (χ1v) is 8.70. The molecule has 6 heteroatoms. The van der Waals surface area contributed by atoms with Crippen molar-refractivity contribution >= 4 is 34.3 Å². The average molecular weight is 331 g/mol. The predicted octanol–water partition coefficient (Wildman–Crippen LogP) is 4.20. The maximum atomic E-state index is 6.18. The molecule has 2 rings (SSSR count). The van der Waals surface area contributed by atoms with Gasteiger partial charge in [-0.15, -0.1) is 22.7 Å². The van der Waals surface area contributed by atoms with Crippen LogP contribution in [0.15, 0.2) is 17.6 Å². The highest BCUT2D eigenvalue weighted by atomic mass is 35.5. The fourth-order valence-electron chi connectivity index (χ4n) is 1.96. The van der Waals surface area contributed by atoms with Crippen molar-refractivity contribution in [2.24, 2.45) is 5.73 Å². The van der Waals surface area contributed by atoms with Crippen LogP contribution < -0.4 is 5.73 Å². The van der Waals surface area contributed by atoms with E-state index < -0.39 is 0 Å². The number of nitrogens with two attached hydrogens (primary N) is 1. The van der Waals surface area contributed by atoms with E-state index in [9.17, 15) is 0 Å². The third-order valence-electron chi connectivity index (χ3n) is 3.21. The molecule has 2 N–H and O–H groups in total. The van der Waals surface area contributed by atoms with Crippen LogP contribution in [0.2, 0.25) is 4.34 Å². The molecule has 0 aliphatic heterocycles. The normalized spacial score (nSPS) is 14.4. The van der Waals surface area contributed by atoms with Crippen LogP contribution in [0.3, 0.4) is 0 Å². The maximum absolute atomic E-state index is 6.18. The Balaban J connectivity index is 1.96. The molecule has 0 radical (unpaired) electrons. The fourth-order valence-corrected chi connectivity index (χ4v) is 3.91. The lowest BCUT2D eigenvalue weighted by atomic mass is 10.1. The van der Waals surface area contributed by atoms with Gasteiger partial charge in [-0.3, -0.25) is 0 Å². The molecule has 0 saturated carbocycles. The smallest absolute Gasteiger partial charge is 0.107 e. The monoisotopic (exact) mass is 330 g/mol. The summed E-state index contributed by atoms with van der Waals surface area (Å²) in [7, 11) is 0. The highest BCUT2D eigenvalue weighted by Crippen LogP contribution is 2.31. The van der Waals surface area contributed by atoms with Gasteiger partial charge < -0.3 is 10.5 Å². The van der Waals surface area contributed by atoms with Gasteiger partial charge in [0.1, 0.15) is 6.10 Å². The average Bonchev–Trinajstić information content (AvgIpc) is 3.03. The number of rotatable bonds is 7. The molecule has 0 spiro atoms. The Kier molecular flexibility index (Phi) is 5.99. The molecule has 2 atom stereocenters. The second-order valence-electron chi connectivity index (χ2n) is 4.62. The number of thiophene rings is 1. The van der Waals surface area contributed by atoms with Gasteiger partial charge >= 0.3 is 0 Å². The molecule has 2 unspecified atom stereocenters. The van der Waals surface area contributed by atoms with Gasteiger partial charge in [0.25, 0.3) is 0 Å². The Hall–Kier alpha value is -0.460. The summed E-state index contributed by atoms with van der Waals surface area (Å²) in [5.74, 6) is 0. The minimum absolute atomic E-state index is 0.00715. The summed E-state index contributed by atoms with van der Waals surface area (Å²) >= 11 is 9.22. The maximum Gasteiger partial charge on any atom is 0.107 e. The molecule has 3 nitrogen and oxygen atoms in total. The van der Waals surface area contributed by atoms with Crippen LogP contribution in [0.5, 0.6) is 0 Å². The quantitative estimate of drug-likeness (QED) is 0.827. The van der Waals surface area contributed by atoms with Crippen molar-refractivity contribution < 1.29 is 4.74 Å². The van der Waals surface area contributed by atoms with Gasteiger partial charge in [-0.25, -0.2) is 4.98 Å². The summed E-state index contributed by atoms with van der Waals surface area (Å²) < 4.78 is 6.80. The van der Waals surface area contributed by atoms with Crippen LogP contribution in [0.25, 0.3) is 0 Å². The molecule has 0 aliphatic carbocycles. The second kappa shape index (κ2) is 7.52. The second-order valence-corrected chi connectivity index (χ2v) is 7.30. The molecule has 2 heterocycles. The van der Waals surface area contributed by atoms with Gasteiger partial charge in [-0.05, 0) is 25.5 Å². The molecule has 110 valence electrons. The minimum atomic E-state index is -0.0780. The van der Waals surface area contributed by atoms with Crippen LogP contribution in [0.4, 0.5) is 0 Å². The van der Waals surface area contributed by atoms with Gasteiger partial charge in [-0.2, -0.15) is 0 Å². The van der Waals surface area contributed by atoms with Crippen LogP contribution >= 0.6 is 34.3 Å². The van der Waals surface area contributed by atoms with Gasteiger partial charge in [0.2, 0.25) is 0 Å². The summed E-state index contributed by atoms with van der Waals surface area (Å²) in [4.78, 5) is 6.63. The number of ether oxygens (including phenoxy) is 1. The number of thiazole rings is 1. The SMILES string of the molecule is CCC(N)C(OCCc1scnc1C)c1ccc(Cl)s1. The van der Waals surface area contributed by atoms with E-state index in [2.05, 4.69) is 11.9 Å². The van der Waals surface area contributed by atoms with Crippen LogP contribution in [-0.2, 0) is 11.2 Å². The van der Waals surface area contributed by atoms with Gasteiger partial charge in [0.05, 0.1) is 22.1 Å². The van der Waals surface area contributed by atoms with Crippen molar-refractivity contribution in [3.63, 3.8) is 0 Å². The van der Waals surface area contributed by atoms with Crippen molar-refractivity contribution in [2.75, 3.05) is 6.61 Å². The van der Waals surface area contributed by atoms with Crippen molar-refractivity contribution in [3.05, 3.63) is 37.4 Å².